The van der Waals surface area contributed by atoms with E-state index in [1.807, 2.05) is 0 Å². The van der Waals surface area contributed by atoms with E-state index in [0.29, 0.717) is 29.0 Å². The molecule has 1 saturated heterocycles. The molecule has 10 heteroatoms. The van der Waals surface area contributed by atoms with Gasteiger partial charge >= 0.3 is 0 Å². The molecule has 0 saturated carbocycles. The first-order valence-electron chi connectivity index (χ1n) is 10.5. The topological polar surface area (TPSA) is 97.9 Å². The molecule has 1 aliphatic rings. The minimum Gasteiger partial charge on any atom is -0.493 e. The summed E-state index contributed by atoms with van der Waals surface area (Å²) in [5.41, 5.74) is 0.383. The molecule has 1 aliphatic heterocycles. The second kappa shape index (κ2) is 9.50. The summed E-state index contributed by atoms with van der Waals surface area (Å²) in [6, 6.07) is 9.63. The number of sulfonamides is 1. The third kappa shape index (κ3) is 4.87. The van der Waals surface area contributed by atoms with E-state index in [4.69, 9.17) is 14.2 Å². The lowest BCUT2D eigenvalue weighted by Crippen LogP contribution is -2.38. The lowest BCUT2D eigenvalue weighted by molar-refractivity contribution is 0.0925. The van der Waals surface area contributed by atoms with E-state index in [9.17, 15) is 17.6 Å². The number of H-pyrrole nitrogens is 1. The van der Waals surface area contributed by atoms with Gasteiger partial charge in [-0.2, -0.15) is 4.31 Å². The number of hydrogen-bond donors (Lipinski definition) is 1. The number of ether oxygens (including phenoxy) is 3. The molecular weight excluding hydrogens is 451 g/mol. The highest BCUT2D eigenvalue weighted by Gasteiger charge is 2.30. The van der Waals surface area contributed by atoms with E-state index < -0.39 is 21.4 Å². The lowest BCUT2D eigenvalue weighted by Gasteiger charge is -2.25. The van der Waals surface area contributed by atoms with E-state index in [1.165, 1.54) is 30.7 Å². The maximum atomic E-state index is 13.4. The molecule has 8 nitrogen and oxygen atoms in total. The molecule has 1 fully saturated rings. The van der Waals surface area contributed by atoms with Crippen molar-refractivity contribution in [1.82, 2.24) is 9.29 Å². The molecule has 0 amide bonds. The molecular formula is C23H25FN2O6S. The second-order valence-electron chi connectivity index (χ2n) is 7.80. The Morgan fingerprint density at radius 1 is 1.12 bits per heavy atom. The first-order chi connectivity index (χ1) is 15.8. The molecule has 1 aromatic heterocycles. The number of benzene rings is 2. The number of aromatic amines is 1. The number of fused-ring (bicyclic) bond motifs is 1. The Kier molecular flexibility index (Phi) is 6.68. The Labute approximate surface area is 190 Å². The first kappa shape index (κ1) is 23.2. The van der Waals surface area contributed by atoms with Crippen molar-refractivity contribution in [2.24, 2.45) is 0 Å². The number of aromatic nitrogens is 1. The summed E-state index contributed by atoms with van der Waals surface area (Å²) < 4.78 is 57.6. The minimum atomic E-state index is -4.01. The van der Waals surface area contributed by atoms with Gasteiger partial charge in [0.15, 0.2) is 11.5 Å². The van der Waals surface area contributed by atoms with Gasteiger partial charge in [-0.05, 0) is 49.2 Å². The van der Waals surface area contributed by atoms with Crippen molar-refractivity contribution in [2.45, 2.75) is 30.4 Å². The van der Waals surface area contributed by atoms with Gasteiger partial charge < -0.3 is 19.2 Å². The van der Waals surface area contributed by atoms with Crippen LogP contribution < -0.4 is 15.0 Å². The van der Waals surface area contributed by atoms with Gasteiger partial charge in [-0.25, -0.2) is 12.8 Å². The van der Waals surface area contributed by atoms with Gasteiger partial charge in [0, 0.05) is 36.7 Å². The van der Waals surface area contributed by atoms with Crippen molar-refractivity contribution in [1.29, 1.82) is 0 Å². The zero-order valence-electron chi connectivity index (χ0n) is 18.3. The largest absolute Gasteiger partial charge is 0.493 e. The number of halogens is 1. The maximum absolute atomic E-state index is 13.4. The van der Waals surface area contributed by atoms with Crippen LogP contribution in [0.4, 0.5) is 4.39 Å². The van der Waals surface area contributed by atoms with E-state index in [1.54, 1.807) is 18.2 Å². The zero-order valence-corrected chi connectivity index (χ0v) is 19.2. The van der Waals surface area contributed by atoms with Crippen LogP contribution in [0.2, 0.25) is 0 Å². The molecule has 4 rings (SSSR count). The third-order valence-electron chi connectivity index (χ3n) is 5.65. The van der Waals surface area contributed by atoms with E-state index >= 15 is 0 Å². The number of pyridine rings is 1. The summed E-state index contributed by atoms with van der Waals surface area (Å²) in [4.78, 5) is 15.6. The molecule has 0 aliphatic carbocycles. The quantitative estimate of drug-likeness (QED) is 0.537. The number of rotatable bonds is 8. The maximum Gasteiger partial charge on any atom is 0.252 e. The van der Waals surface area contributed by atoms with Crippen molar-refractivity contribution in [2.75, 3.05) is 27.4 Å². The number of methoxy groups -OCH3 is 2. The molecule has 176 valence electrons. The highest BCUT2D eigenvalue weighted by atomic mass is 32.2. The third-order valence-corrected chi connectivity index (χ3v) is 7.48. The van der Waals surface area contributed by atoms with E-state index in [-0.39, 0.29) is 29.7 Å². The van der Waals surface area contributed by atoms with Gasteiger partial charge in [-0.1, -0.05) is 0 Å². The molecule has 3 aromatic rings. The summed E-state index contributed by atoms with van der Waals surface area (Å²) in [6.07, 6.45) is 1.29. The van der Waals surface area contributed by atoms with Crippen LogP contribution in [-0.4, -0.2) is 51.2 Å². The van der Waals surface area contributed by atoms with Gasteiger partial charge in [0.2, 0.25) is 10.0 Å². The van der Waals surface area contributed by atoms with Crippen LogP contribution in [0.15, 0.2) is 52.2 Å². The predicted molar refractivity (Wildman–Crippen MR) is 121 cm³/mol. The van der Waals surface area contributed by atoms with Crippen molar-refractivity contribution in [3.63, 3.8) is 0 Å². The molecule has 1 unspecified atom stereocenters. The summed E-state index contributed by atoms with van der Waals surface area (Å²) in [6.45, 7) is 0.482. The monoisotopic (exact) mass is 476 g/mol. The highest BCUT2D eigenvalue weighted by molar-refractivity contribution is 7.89. The van der Waals surface area contributed by atoms with Crippen LogP contribution in [0.3, 0.4) is 0 Å². The Bertz CT molecular complexity index is 1300. The molecule has 2 heterocycles. The second-order valence-corrected chi connectivity index (χ2v) is 9.74. The fraction of sp³-hybridized carbons (Fsp3) is 0.348. The smallest absolute Gasteiger partial charge is 0.252 e. The van der Waals surface area contributed by atoms with Gasteiger partial charge in [0.1, 0.15) is 5.82 Å². The molecule has 1 atom stereocenters. The van der Waals surface area contributed by atoms with Gasteiger partial charge in [0.05, 0.1) is 30.7 Å². The summed E-state index contributed by atoms with van der Waals surface area (Å²) in [5, 5.41) is 0.665. The summed E-state index contributed by atoms with van der Waals surface area (Å²) in [5.74, 6) is 0.417. The van der Waals surface area contributed by atoms with E-state index in [0.717, 1.165) is 25.0 Å². The summed E-state index contributed by atoms with van der Waals surface area (Å²) >= 11 is 0. The molecule has 1 N–H and O–H groups in total. The van der Waals surface area contributed by atoms with Crippen molar-refractivity contribution in [3.8, 4) is 11.5 Å². The van der Waals surface area contributed by atoms with Crippen LogP contribution in [0.1, 0.15) is 18.4 Å². The standard InChI is InChI=1S/C23H25FN2O6S/c1-30-21-11-15-10-16(23(27)25-20(15)12-22(21)31-2)13-26(14-18-4-3-9-32-18)33(28,29)19-7-5-17(24)6-8-19/h5-8,10-12,18H,3-4,9,13-14H2,1-2H3,(H,25,27). The molecule has 0 radical (unpaired) electrons. The normalized spacial score (nSPS) is 16.4. The highest BCUT2D eigenvalue weighted by Crippen LogP contribution is 2.31. The molecule has 0 bridgehead atoms. The average molecular weight is 477 g/mol. The Hall–Kier alpha value is -2.95. The van der Waals surface area contributed by atoms with Crippen molar-refractivity contribution < 1.29 is 27.0 Å². The minimum absolute atomic E-state index is 0.0504. The fourth-order valence-corrected chi connectivity index (χ4v) is 5.35. The van der Waals surface area contributed by atoms with Crippen molar-refractivity contribution >= 4 is 20.9 Å². The predicted octanol–water partition coefficient (Wildman–Crippen LogP) is 3.05. The Morgan fingerprint density at radius 2 is 1.82 bits per heavy atom. The van der Waals surface area contributed by atoms with Crippen molar-refractivity contribution in [3.05, 3.63) is 64.2 Å². The van der Waals surface area contributed by atoms with Crippen LogP contribution in [0, 0.1) is 5.82 Å². The van der Waals surface area contributed by atoms with Crippen LogP contribution in [-0.2, 0) is 21.3 Å². The van der Waals surface area contributed by atoms with Crippen LogP contribution >= 0.6 is 0 Å². The summed E-state index contributed by atoms with van der Waals surface area (Å²) in [7, 11) is -1.000. The lowest BCUT2D eigenvalue weighted by atomic mass is 10.1. The Morgan fingerprint density at radius 3 is 2.45 bits per heavy atom. The first-order valence-corrected chi connectivity index (χ1v) is 11.9. The van der Waals surface area contributed by atoms with E-state index in [2.05, 4.69) is 4.98 Å². The van der Waals surface area contributed by atoms with Gasteiger partial charge in [0.25, 0.3) is 5.56 Å². The van der Waals surface area contributed by atoms with Crippen LogP contribution in [0.5, 0.6) is 11.5 Å². The molecule has 2 aromatic carbocycles. The number of nitrogens with zero attached hydrogens (tertiary/aromatic N) is 1. The Balaban J connectivity index is 1.74. The number of hydrogen-bond acceptors (Lipinski definition) is 6. The van der Waals surface area contributed by atoms with Gasteiger partial charge in [-0.15, -0.1) is 0 Å². The SMILES string of the molecule is COc1cc2cc(CN(CC3CCCO3)S(=O)(=O)c3ccc(F)cc3)c(=O)[nH]c2cc1OC. The van der Waals surface area contributed by atoms with Crippen LogP contribution in [0.25, 0.3) is 10.9 Å². The van der Waals surface area contributed by atoms with Gasteiger partial charge in [-0.3, -0.25) is 4.79 Å². The molecule has 0 spiro atoms. The average Bonchev–Trinajstić information content (AvgIpc) is 3.31. The fourth-order valence-electron chi connectivity index (χ4n) is 3.90. The zero-order chi connectivity index (χ0) is 23.6. The molecule has 33 heavy (non-hydrogen) atoms. The number of nitrogens with one attached hydrogen (secondary N) is 1.